The van der Waals surface area contributed by atoms with Crippen LogP contribution in [0, 0.1) is 6.92 Å². The first-order valence-electron chi connectivity index (χ1n) is 5.82. The molecule has 0 saturated carbocycles. The minimum Gasteiger partial charge on any atom is -0.478 e. The van der Waals surface area contributed by atoms with E-state index in [0.29, 0.717) is 5.69 Å². The second kappa shape index (κ2) is 5.43. The quantitative estimate of drug-likeness (QED) is 0.933. The summed E-state index contributed by atoms with van der Waals surface area (Å²) in [6, 6.07) is 5.47. The van der Waals surface area contributed by atoms with Gasteiger partial charge in [-0.1, -0.05) is 6.07 Å². The van der Waals surface area contributed by atoms with Crippen LogP contribution in [0.1, 0.15) is 21.6 Å². The van der Waals surface area contributed by atoms with Crippen molar-refractivity contribution in [3.05, 3.63) is 53.3 Å². The molecule has 1 aromatic carbocycles. The van der Waals surface area contributed by atoms with E-state index in [9.17, 15) is 18.0 Å². The maximum absolute atomic E-state index is 12.6. The van der Waals surface area contributed by atoms with Gasteiger partial charge in [-0.05, 0) is 31.2 Å². The van der Waals surface area contributed by atoms with Gasteiger partial charge in [0.1, 0.15) is 11.3 Å². The van der Waals surface area contributed by atoms with Gasteiger partial charge in [-0.2, -0.15) is 13.2 Å². The highest BCUT2D eigenvalue weighted by Crippen LogP contribution is 2.33. The molecule has 0 bridgehead atoms. The summed E-state index contributed by atoms with van der Waals surface area (Å²) in [7, 11) is 0. The maximum Gasteiger partial charge on any atom is 0.416 e. The normalized spacial score (nSPS) is 11.2. The van der Waals surface area contributed by atoms with Gasteiger partial charge in [0.25, 0.3) is 0 Å². The lowest BCUT2D eigenvalue weighted by molar-refractivity contribution is -0.137. The highest BCUT2D eigenvalue weighted by atomic mass is 19.4. The zero-order valence-electron chi connectivity index (χ0n) is 10.8. The predicted octanol–water partition coefficient (Wildman–Crippen LogP) is 3.90. The SMILES string of the molecule is Cc1cc(C(=O)O)c(Oc2cccc(C(F)(F)F)c2)cn1. The standard InChI is InChI=1S/C14H10F3NO3/c1-8-5-11(13(19)20)12(7-18-8)21-10-4-2-3-9(6-10)14(15,16)17/h2-7H,1H3,(H,19,20). The van der Waals surface area contributed by atoms with Crippen molar-refractivity contribution in [2.75, 3.05) is 0 Å². The average Bonchev–Trinajstić information content (AvgIpc) is 2.40. The lowest BCUT2D eigenvalue weighted by atomic mass is 10.2. The largest absolute Gasteiger partial charge is 0.478 e. The molecule has 0 aliphatic heterocycles. The molecule has 110 valence electrons. The van der Waals surface area contributed by atoms with E-state index in [1.54, 1.807) is 6.92 Å². The lowest BCUT2D eigenvalue weighted by Gasteiger charge is -2.11. The van der Waals surface area contributed by atoms with Crippen LogP contribution >= 0.6 is 0 Å². The summed E-state index contributed by atoms with van der Waals surface area (Å²) in [5.41, 5.74) is -0.583. The van der Waals surface area contributed by atoms with Crippen molar-refractivity contribution in [1.82, 2.24) is 4.98 Å². The van der Waals surface area contributed by atoms with Gasteiger partial charge in [0.05, 0.1) is 11.8 Å². The number of aromatic carboxylic acids is 1. The fourth-order valence-corrected chi connectivity index (χ4v) is 1.66. The second-order valence-corrected chi connectivity index (χ2v) is 4.25. The van der Waals surface area contributed by atoms with Crippen LogP contribution in [0.3, 0.4) is 0 Å². The fourth-order valence-electron chi connectivity index (χ4n) is 1.66. The molecular formula is C14H10F3NO3. The van der Waals surface area contributed by atoms with Crippen molar-refractivity contribution < 1.29 is 27.8 Å². The number of hydrogen-bond donors (Lipinski definition) is 1. The van der Waals surface area contributed by atoms with Gasteiger partial charge in [0.15, 0.2) is 5.75 Å². The Bertz CT molecular complexity index is 683. The fraction of sp³-hybridized carbons (Fsp3) is 0.143. The van der Waals surface area contributed by atoms with Gasteiger partial charge in [-0.3, -0.25) is 4.98 Å². The molecule has 4 nitrogen and oxygen atoms in total. The van der Waals surface area contributed by atoms with E-state index in [-0.39, 0.29) is 17.1 Å². The Labute approximate surface area is 117 Å². The number of alkyl halides is 3. The van der Waals surface area contributed by atoms with Crippen molar-refractivity contribution in [1.29, 1.82) is 0 Å². The minimum atomic E-state index is -4.50. The van der Waals surface area contributed by atoms with Gasteiger partial charge < -0.3 is 9.84 Å². The molecule has 0 amide bonds. The Morgan fingerprint density at radius 1 is 1.29 bits per heavy atom. The van der Waals surface area contributed by atoms with E-state index in [2.05, 4.69) is 4.98 Å². The van der Waals surface area contributed by atoms with E-state index >= 15 is 0 Å². The molecule has 2 rings (SSSR count). The number of aromatic nitrogens is 1. The number of carbonyl (C=O) groups is 1. The van der Waals surface area contributed by atoms with Crippen molar-refractivity contribution in [3.63, 3.8) is 0 Å². The lowest BCUT2D eigenvalue weighted by Crippen LogP contribution is -2.05. The molecule has 0 unspecified atom stereocenters. The third kappa shape index (κ3) is 3.50. The number of pyridine rings is 1. The van der Waals surface area contributed by atoms with E-state index < -0.39 is 17.7 Å². The Morgan fingerprint density at radius 3 is 2.62 bits per heavy atom. The number of rotatable bonds is 3. The number of ether oxygens (including phenoxy) is 1. The van der Waals surface area contributed by atoms with E-state index in [4.69, 9.17) is 9.84 Å². The van der Waals surface area contributed by atoms with Crippen LogP contribution in [-0.4, -0.2) is 16.1 Å². The van der Waals surface area contributed by atoms with E-state index in [1.807, 2.05) is 0 Å². The highest BCUT2D eigenvalue weighted by Gasteiger charge is 2.30. The number of hydrogen-bond acceptors (Lipinski definition) is 3. The first-order valence-corrected chi connectivity index (χ1v) is 5.82. The summed E-state index contributed by atoms with van der Waals surface area (Å²) in [4.78, 5) is 15.0. The number of carboxylic acids is 1. The molecule has 21 heavy (non-hydrogen) atoms. The summed E-state index contributed by atoms with van der Waals surface area (Å²) in [6.07, 6.45) is -3.33. The van der Waals surface area contributed by atoms with Gasteiger partial charge in [-0.15, -0.1) is 0 Å². The van der Waals surface area contributed by atoms with Crippen molar-refractivity contribution in [2.24, 2.45) is 0 Å². The van der Waals surface area contributed by atoms with Crippen LogP contribution in [0.4, 0.5) is 13.2 Å². The first kappa shape index (κ1) is 14.8. The molecule has 0 aliphatic carbocycles. The van der Waals surface area contributed by atoms with Crippen molar-refractivity contribution in [3.8, 4) is 11.5 Å². The monoisotopic (exact) mass is 297 g/mol. The van der Waals surface area contributed by atoms with E-state index in [1.165, 1.54) is 24.4 Å². The van der Waals surface area contributed by atoms with Crippen LogP contribution in [0.15, 0.2) is 36.5 Å². The minimum absolute atomic E-state index is 0.113. The molecule has 0 spiro atoms. The van der Waals surface area contributed by atoms with Gasteiger partial charge in [0, 0.05) is 5.69 Å². The molecule has 1 aromatic heterocycles. The van der Waals surface area contributed by atoms with Crippen LogP contribution in [-0.2, 0) is 6.18 Å². The first-order chi connectivity index (χ1) is 9.77. The molecule has 0 radical (unpaired) electrons. The Hall–Kier alpha value is -2.57. The van der Waals surface area contributed by atoms with Gasteiger partial charge >= 0.3 is 12.1 Å². The summed E-state index contributed by atoms with van der Waals surface area (Å²) >= 11 is 0. The summed E-state index contributed by atoms with van der Waals surface area (Å²) in [5.74, 6) is -1.48. The third-order valence-corrected chi connectivity index (χ3v) is 2.62. The number of aryl methyl sites for hydroxylation is 1. The topological polar surface area (TPSA) is 59.4 Å². The molecule has 0 saturated heterocycles. The smallest absolute Gasteiger partial charge is 0.416 e. The van der Waals surface area contributed by atoms with Crippen LogP contribution in [0.25, 0.3) is 0 Å². The van der Waals surface area contributed by atoms with E-state index in [0.717, 1.165) is 12.1 Å². The summed E-state index contributed by atoms with van der Waals surface area (Å²) in [5, 5.41) is 9.06. The molecule has 1 heterocycles. The second-order valence-electron chi connectivity index (χ2n) is 4.25. The Morgan fingerprint density at radius 2 is 2.00 bits per heavy atom. The summed E-state index contributed by atoms with van der Waals surface area (Å²) < 4.78 is 43.0. The van der Waals surface area contributed by atoms with Crippen LogP contribution in [0.2, 0.25) is 0 Å². The average molecular weight is 297 g/mol. The predicted molar refractivity (Wildman–Crippen MR) is 67.5 cm³/mol. The number of nitrogens with zero attached hydrogens (tertiary/aromatic N) is 1. The zero-order chi connectivity index (χ0) is 15.6. The Kier molecular flexibility index (Phi) is 3.84. The van der Waals surface area contributed by atoms with Crippen LogP contribution < -0.4 is 4.74 Å². The van der Waals surface area contributed by atoms with Gasteiger partial charge in [0.2, 0.25) is 0 Å². The Balaban J connectivity index is 2.37. The molecule has 7 heteroatoms. The number of carboxylic acid groups (broad SMARTS) is 1. The summed E-state index contributed by atoms with van der Waals surface area (Å²) in [6.45, 7) is 1.60. The van der Waals surface area contributed by atoms with Gasteiger partial charge in [-0.25, -0.2) is 4.79 Å². The molecule has 0 fully saturated rings. The maximum atomic E-state index is 12.6. The molecule has 1 N–H and O–H groups in total. The highest BCUT2D eigenvalue weighted by molar-refractivity contribution is 5.90. The van der Waals surface area contributed by atoms with Crippen molar-refractivity contribution in [2.45, 2.75) is 13.1 Å². The molecule has 0 aliphatic rings. The molecular weight excluding hydrogens is 287 g/mol. The molecule has 0 atom stereocenters. The number of halogens is 3. The van der Waals surface area contributed by atoms with Crippen LogP contribution in [0.5, 0.6) is 11.5 Å². The van der Waals surface area contributed by atoms with Crippen molar-refractivity contribution >= 4 is 5.97 Å². The zero-order valence-corrected chi connectivity index (χ0v) is 10.8. The third-order valence-electron chi connectivity index (χ3n) is 2.62. The number of benzene rings is 1. The molecule has 2 aromatic rings.